The Morgan fingerprint density at radius 3 is 2.62 bits per heavy atom. The summed E-state index contributed by atoms with van der Waals surface area (Å²) in [5.74, 6) is 0.437. The fourth-order valence-electron chi connectivity index (χ4n) is 2.76. The van der Waals surface area contributed by atoms with E-state index in [0.717, 1.165) is 31.7 Å². The minimum absolute atomic E-state index is 0.231. The van der Waals surface area contributed by atoms with E-state index >= 15 is 0 Å². The summed E-state index contributed by atoms with van der Waals surface area (Å²) in [5, 5.41) is 6.04. The monoisotopic (exact) mass is 325 g/mol. The molecule has 0 spiro atoms. The van der Waals surface area contributed by atoms with Crippen LogP contribution in [0.3, 0.4) is 0 Å². The zero-order chi connectivity index (χ0) is 16.8. The van der Waals surface area contributed by atoms with Gasteiger partial charge in [-0.25, -0.2) is 9.97 Å². The van der Waals surface area contributed by atoms with Gasteiger partial charge in [0.05, 0.1) is 0 Å². The van der Waals surface area contributed by atoms with Gasteiger partial charge in [-0.3, -0.25) is 4.79 Å². The lowest BCUT2D eigenvalue weighted by molar-refractivity contribution is 0.102. The standard InChI is InChI=1S/C18H23N5O/c1-2-9-19-17-12-16(20-13-21-17)18(24)22-14-5-7-15(8-6-14)23-10-3-4-11-23/h5-8,12-13H,2-4,9-11H2,1H3,(H,22,24)(H,19,20,21). The summed E-state index contributed by atoms with van der Waals surface area (Å²) in [6.07, 6.45) is 4.90. The normalized spacial score (nSPS) is 13.8. The van der Waals surface area contributed by atoms with Crippen molar-refractivity contribution in [3.8, 4) is 0 Å². The largest absolute Gasteiger partial charge is 0.372 e. The molecule has 0 atom stereocenters. The van der Waals surface area contributed by atoms with Crippen LogP contribution < -0.4 is 15.5 Å². The van der Waals surface area contributed by atoms with Crippen LogP contribution in [0, 0.1) is 0 Å². The Balaban J connectivity index is 1.63. The summed E-state index contributed by atoms with van der Waals surface area (Å²) >= 11 is 0. The lowest BCUT2D eigenvalue weighted by Crippen LogP contribution is -2.18. The predicted octanol–water partition coefficient (Wildman–Crippen LogP) is 3.15. The van der Waals surface area contributed by atoms with E-state index in [9.17, 15) is 4.79 Å². The summed E-state index contributed by atoms with van der Waals surface area (Å²) in [6.45, 7) is 5.12. The molecule has 0 radical (unpaired) electrons. The molecule has 0 unspecified atom stereocenters. The van der Waals surface area contributed by atoms with Crippen molar-refractivity contribution in [1.29, 1.82) is 0 Å². The minimum atomic E-state index is -0.231. The van der Waals surface area contributed by atoms with Crippen LogP contribution in [0.4, 0.5) is 17.2 Å². The van der Waals surface area contributed by atoms with Crippen molar-refractivity contribution in [2.45, 2.75) is 26.2 Å². The molecule has 1 aromatic heterocycles. The van der Waals surface area contributed by atoms with Crippen LogP contribution in [-0.4, -0.2) is 35.5 Å². The molecule has 3 rings (SSSR count). The molecule has 2 N–H and O–H groups in total. The molecule has 0 bridgehead atoms. The number of nitrogens with one attached hydrogen (secondary N) is 2. The SMILES string of the molecule is CCCNc1cc(C(=O)Nc2ccc(N3CCCC3)cc2)ncn1. The fraction of sp³-hybridized carbons (Fsp3) is 0.389. The van der Waals surface area contributed by atoms with Crippen LogP contribution in [0.25, 0.3) is 0 Å². The Bertz CT molecular complexity index is 680. The number of hydrogen-bond acceptors (Lipinski definition) is 5. The second kappa shape index (κ2) is 7.77. The maximum atomic E-state index is 12.3. The molecule has 126 valence electrons. The molecule has 1 saturated heterocycles. The van der Waals surface area contributed by atoms with Crippen molar-refractivity contribution in [3.05, 3.63) is 42.4 Å². The third-order valence-corrected chi connectivity index (χ3v) is 4.05. The Morgan fingerprint density at radius 2 is 1.92 bits per heavy atom. The predicted molar refractivity (Wildman–Crippen MR) is 96.7 cm³/mol. The Morgan fingerprint density at radius 1 is 1.17 bits per heavy atom. The van der Waals surface area contributed by atoms with Crippen molar-refractivity contribution in [2.24, 2.45) is 0 Å². The quantitative estimate of drug-likeness (QED) is 0.854. The van der Waals surface area contributed by atoms with Gasteiger partial charge >= 0.3 is 0 Å². The highest BCUT2D eigenvalue weighted by Gasteiger charge is 2.13. The second-order valence-corrected chi connectivity index (χ2v) is 5.91. The number of aromatic nitrogens is 2. The fourth-order valence-corrected chi connectivity index (χ4v) is 2.76. The molecule has 1 aromatic carbocycles. The van der Waals surface area contributed by atoms with E-state index in [0.29, 0.717) is 11.5 Å². The van der Waals surface area contributed by atoms with Gasteiger partial charge < -0.3 is 15.5 Å². The van der Waals surface area contributed by atoms with E-state index in [1.165, 1.54) is 24.9 Å². The van der Waals surface area contributed by atoms with E-state index < -0.39 is 0 Å². The van der Waals surface area contributed by atoms with Gasteiger partial charge in [-0.05, 0) is 43.5 Å². The third-order valence-electron chi connectivity index (χ3n) is 4.05. The maximum Gasteiger partial charge on any atom is 0.274 e. The van der Waals surface area contributed by atoms with Gasteiger partial charge in [-0.15, -0.1) is 0 Å². The first-order valence-corrected chi connectivity index (χ1v) is 8.48. The maximum absolute atomic E-state index is 12.3. The van der Waals surface area contributed by atoms with Crippen molar-refractivity contribution < 1.29 is 4.79 Å². The van der Waals surface area contributed by atoms with Crippen LogP contribution >= 0.6 is 0 Å². The average Bonchev–Trinajstić information content (AvgIpc) is 3.15. The van der Waals surface area contributed by atoms with E-state index in [4.69, 9.17) is 0 Å². The summed E-state index contributed by atoms with van der Waals surface area (Å²) in [6, 6.07) is 9.64. The Hall–Kier alpha value is -2.63. The molecule has 1 aliphatic heterocycles. The van der Waals surface area contributed by atoms with Gasteiger partial charge in [0.25, 0.3) is 5.91 Å². The van der Waals surface area contributed by atoms with Gasteiger partial charge in [-0.2, -0.15) is 0 Å². The Labute approximate surface area is 142 Å². The van der Waals surface area contributed by atoms with Crippen LogP contribution in [0.2, 0.25) is 0 Å². The molecule has 24 heavy (non-hydrogen) atoms. The molecule has 2 aromatic rings. The summed E-state index contributed by atoms with van der Waals surface area (Å²) in [7, 11) is 0. The molecule has 6 nitrogen and oxygen atoms in total. The number of rotatable bonds is 6. The number of nitrogens with zero attached hydrogens (tertiary/aromatic N) is 3. The van der Waals surface area contributed by atoms with Crippen LogP contribution in [0.1, 0.15) is 36.7 Å². The summed E-state index contributed by atoms with van der Waals surface area (Å²) < 4.78 is 0. The zero-order valence-corrected chi connectivity index (χ0v) is 14.0. The average molecular weight is 325 g/mol. The summed E-state index contributed by atoms with van der Waals surface area (Å²) in [5.41, 5.74) is 2.33. The number of carbonyl (C=O) groups excluding carboxylic acids is 1. The van der Waals surface area contributed by atoms with E-state index in [-0.39, 0.29) is 5.91 Å². The molecule has 6 heteroatoms. The molecule has 0 saturated carbocycles. The van der Waals surface area contributed by atoms with Crippen molar-refractivity contribution in [1.82, 2.24) is 9.97 Å². The van der Waals surface area contributed by atoms with Gasteiger partial charge in [-0.1, -0.05) is 6.92 Å². The van der Waals surface area contributed by atoms with Crippen LogP contribution in [0.15, 0.2) is 36.7 Å². The van der Waals surface area contributed by atoms with Crippen molar-refractivity contribution in [3.63, 3.8) is 0 Å². The van der Waals surface area contributed by atoms with Gasteiger partial charge in [0.15, 0.2) is 0 Å². The number of hydrogen-bond donors (Lipinski definition) is 2. The smallest absolute Gasteiger partial charge is 0.274 e. The van der Waals surface area contributed by atoms with Crippen molar-refractivity contribution in [2.75, 3.05) is 35.2 Å². The number of carbonyl (C=O) groups is 1. The first-order valence-electron chi connectivity index (χ1n) is 8.48. The lowest BCUT2D eigenvalue weighted by atomic mass is 10.2. The topological polar surface area (TPSA) is 70.2 Å². The molecular weight excluding hydrogens is 302 g/mol. The highest BCUT2D eigenvalue weighted by atomic mass is 16.1. The van der Waals surface area contributed by atoms with E-state index in [1.54, 1.807) is 6.07 Å². The summed E-state index contributed by atoms with van der Waals surface area (Å²) in [4.78, 5) is 22.9. The van der Waals surface area contributed by atoms with Crippen LogP contribution in [0.5, 0.6) is 0 Å². The minimum Gasteiger partial charge on any atom is -0.372 e. The molecule has 1 fully saturated rings. The lowest BCUT2D eigenvalue weighted by Gasteiger charge is -2.17. The first kappa shape index (κ1) is 16.2. The molecule has 2 heterocycles. The first-order chi connectivity index (χ1) is 11.8. The molecule has 1 aliphatic rings. The van der Waals surface area contributed by atoms with Gasteiger partial charge in [0.2, 0.25) is 0 Å². The Kier molecular flexibility index (Phi) is 5.25. The number of anilines is 3. The highest BCUT2D eigenvalue weighted by Crippen LogP contribution is 2.22. The third kappa shape index (κ3) is 4.01. The van der Waals surface area contributed by atoms with Crippen molar-refractivity contribution >= 4 is 23.1 Å². The van der Waals surface area contributed by atoms with Gasteiger partial charge in [0, 0.05) is 37.1 Å². The van der Waals surface area contributed by atoms with E-state index in [1.807, 2.05) is 12.1 Å². The van der Waals surface area contributed by atoms with E-state index in [2.05, 4.69) is 44.6 Å². The molecule has 0 aliphatic carbocycles. The highest BCUT2D eigenvalue weighted by molar-refractivity contribution is 6.03. The zero-order valence-electron chi connectivity index (χ0n) is 14.0. The number of amides is 1. The molecular formula is C18H23N5O. The number of benzene rings is 1. The second-order valence-electron chi connectivity index (χ2n) is 5.91. The van der Waals surface area contributed by atoms with Crippen LogP contribution in [-0.2, 0) is 0 Å². The molecule has 1 amide bonds. The van der Waals surface area contributed by atoms with Gasteiger partial charge in [0.1, 0.15) is 17.8 Å².